The Morgan fingerprint density at radius 1 is 1.02 bits per heavy atom. The van der Waals surface area contributed by atoms with E-state index in [9.17, 15) is 37.1 Å². The number of hydrogen-bond acceptors (Lipinski definition) is 6. The minimum Gasteiger partial charge on any atom is -0.390 e. The molecule has 0 spiro atoms. The van der Waals surface area contributed by atoms with Gasteiger partial charge in [0, 0.05) is 48.8 Å². The van der Waals surface area contributed by atoms with Gasteiger partial charge in [-0.3, -0.25) is 24.2 Å². The van der Waals surface area contributed by atoms with Gasteiger partial charge < -0.3 is 15.7 Å². The Morgan fingerprint density at radius 3 is 2.36 bits per heavy atom. The van der Waals surface area contributed by atoms with Gasteiger partial charge in [-0.2, -0.15) is 18.3 Å². The Morgan fingerprint density at radius 2 is 1.72 bits per heavy atom. The van der Waals surface area contributed by atoms with Crippen molar-refractivity contribution in [2.24, 2.45) is 0 Å². The monoisotopic (exact) mass is 690 g/mol. The van der Waals surface area contributed by atoms with Crippen LogP contribution in [0.2, 0.25) is 0 Å². The molecular formula is C36H34F4N6O4. The maximum Gasteiger partial charge on any atom is 0.416 e. The number of likely N-dealkylation sites (tertiary alicyclic amines) is 1. The van der Waals surface area contributed by atoms with E-state index in [1.165, 1.54) is 35.2 Å². The van der Waals surface area contributed by atoms with Crippen molar-refractivity contribution >= 4 is 23.5 Å². The number of anilines is 1. The van der Waals surface area contributed by atoms with Crippen molar-refractivity contribution in [1.82, 2.24) is 25.3 Å². The van der Waals surface area contributed by atoms with Gasteiger partial charge in [0.05, 0.1) is 29.6 Å². The summed E-state index contributed by atoms with van der Waals surface area (Å²) in [5.41, 5.74) is 0.738. The fourth-order valence-electron chi connectivity index (χ4n) is 6.35. The van der Waals surface area contributed by atoms with Crippen LogP contribution in [-0.2, 0) is 22.3 Å². The number of aliphatic hydroxyl groups excluding tert-OH is 1. The topological polar surface area (TPSA) is 120 Å². The first-order chi connectivity index (χ1) is 23.8. The molecule has 0 bridgehead atoms. The molecule has 1 fully saturated rings. The number of rotatable bonds is 10. The SMILES string of the molecule is C=C(CN1CC(O)C1)C(=O)NCc1nn(-c2ccccc2)c2c1[C@H](c1ccc(F)cc1)[C@H](NC(=O)c1cccc(C(F)(F)F)c1)C(=O)N2CC. The Labute approximate surface area is 285 Å². The van der Waals surface area contributed by atoms with Gasteiger partial charge >= 0.3 is 6.18 Å². The van der Waals surface area contributed by atoms with E-state index in [0.717, 1.165) is 12.1 Å². The van der Waals surface area contributed by atoms with Crippen molar-refractivity contribution in [3.8, 4) is 5.69 Å². The van der Waals surface area contributed by atoms with Gasteiger partial charge in [0.15, 0.2) is 0 Å². The number of alkyl halides is 3. The highest BCUT2D eigenvalue weighted by atomic mass is 19.4. The van der Waals surface area contributed by atoms with Gasteiger partial charge in [-0.05, 0) is 55.0 Å². The summed E-state index contributed by atoms with van der Waals surface area (Å²) in [5.74, 6) is -3.12. The lowest BCUT2D eigenvalue weighted by molar-refractivity contribution is -0.137. The smallest absolute Gasteiger partial charge is 0.390 e. The zero-order chi connectivity index (χ0) is 35.7. The number of halogens is 4. The first-order valence-electron chi connectivity index (χ1n) is 15.9. The van der Waals surface area contributed by atoms with Crippen LogP contribution < -0.4 is 15.5 Å². The van der Waals surface area contributed by atoms with Crippen LogP contribution in [0.4, 0.5) is 23.4 Å². The van der Waals surface area contributed by atoms with Crippen LogP contribution in [0, 0.1) is 5.82 Å². The average Bonchev–Trinajstić information content (AvgIpc) is 3.46. The van der Waals surface area contributed by atoms with Gasteiger partial charge in [-0.1, -0.05) is 43.0 Å². The van der Waals surface area contributed by atoms with Gasteiger partial charge in [0.25, 0.3) is 11.8 Å². The highest BCUT2D eigenvalue weighted by Crippen LogP contribution is 2.44. The number of benzene rings is 3. The van der Waals surface area contributed by atoms with E-state index in [-0.39, 0.29) is 30.8 Å². The Kier molecular flexibility index (Phi) is 9.58. The molecule has 0 saturated carbocycles. The number of para-hydroxylation sites is 1. The number of aliphatic hydroxyl groups is 1. The summed E-state index contributed by atoms with van der Waals surface area (Å²) in [7, 11) is 0. The number of β-amino-alcohol motifs (C(OH)–C–C–N with tert-alkyl or cyclic N) is 1. The second kappa shape index (κ2) is 13.9. The molecule has 1 saturated heterocycles. The molecule has 2 aliphatic rings. The molecule has 3 aromatic carbocycles. The molecule has 3 heterocycles. The van der Waals surface area contributed by atoms with E-state index in [0.29, 0.717) is 47.5 Å². The Hall–Kier alpha value is -5.34. The van der Waals surface area contributed by atoms with Gasteiger partial charge in [0.2, 0.25) is 5.91 Å². The highest BCUT2D eigenvalue weighted by molar-refractivity contribution is 6.05. The number of carbonyl (C=O) groups is 3. The molecule has 0 aliphatic carbocycles. The summed E-state index contributed by atoms with van der Waals surface area (Å²) in [4.78, 5) is 44.4. The van der Waals surface area contributed by atoms with Crippen LogP contribution in [0.3, 0.4) is 0 Å². The van der Waals surface area contributed by atoms with Crippen molar-refractivity contribution in [2.75, 3.05) is 31.1 Å². The van der Waals surface area contributed by atoms with Crippen molar-refractivity contribution in [2.45, 2.75) is 37.7 Å². The number of aromatic nitrogens is 2. The number of hydrogen-bond donors (Lipinski definition) is 3. The van der Waals surface area contributed by atoms with Gasteiger partial charge in [-0.25, -0.2) is 9.07 Å². The minimum atomic E-state index is -4.70. The van der Waals surface area contributed by atoms with Crippen LogP contribution >= 0.6 is 0 Å². The third-order valence-electron chi connectivity index (χ3n) is 8.78. The van der Waals surface area contributed by atoms with Gasteiger partial charge in [0.1, 0.15) is 17.7 Å². The zero-order valence-electron chi connectivity index (χ0n) is 27.0. The molecule has 0 radical (unpaired) electrons. The molecule has 3 amide bonds. The van der Waals surface area contributed by atoms with E-state index < -0.39 is 53.3 Å². The van der Waals surface area contributed by atoms with Crippen LogP contribution in [0.1, 0.15) is 45.6 Å². The average molecular weight is 691 g/mol. The van der Waals surface area contributed by atoms with Crippen molar-refractivity contribution < 1.29 is 37.1 Å². The normalized spacial score (nSPS) is 18.0. The van der Waals surface area contributed by atoms with Crippen molar-refractivity contribution in [3.05, 3.63) is 125 Å². The molecule has 14 heteroatoms. The molecule has 0 unspecified atom stereocenters. The van der Waals surface area contributed by atoms with Crippen molar-refractivity contribution in [3.63, 3.8) is 0 Å². The summed E-state index contributed by atoms with van der Waals surface area (Å²) in [6.45, 7) is 6.72. The van der Waals surface area contributed by atoms with Crippen LogP contribution in [0.5, 0.6) is 0 Å². The van der Waals surface area contributed by atoms with Crippen LogP contribution in [-0.4, -0.2) is 75.8 Å². The number of nitrogens with zero attached hydrogens (tertiary/aromatic N) is 4. The molecule has 50 heavy (non-hydrogen) atoms. The molecule has 4 aromatic rings. The largest absolute Gasteiger partial charge is 0.416 e. The number of likely N-dealkylation sites (N-methyl/N-ethyl adjacent to an activating group) is 1. The molecule has 1 aromatic heterocycles. The van der Waals surface area contributed by atoms with Crippen LogP contribution in [0.15, 0.2) is 91.0 Å². The number of amides is 3. The third kappa shape index (κ3) is 6.89. The van der Waals surface area contributed by atoms with Crippen LogP contribution in [0.25, 0.3) is 5.69 Å². The minimum absolute atomic E-state index is 0.125. The summed E-state index contributed by atoms with van der Waals surface area (Å²) in [5, 5.41) is 20.0. The van der Waals surface area contributed by atoms with Crippen molar-refractivity contribution in [1.29, 1.82) is 0 Å². The first kappa shape index (κ1) is 34.5. The third-order valence-corrected chi connectivity index (χ3v) is 8.78. The number of nitrogens with one attached hydrogen (secondary N) is 2. The van der Waals surface area contributed by atoms with E-state index in [1.54, 1.807) is 35.9 Å². The maximum atomic E-state index is 14.4. The fourth-order valence-corrected chi connectivity index (χ4v) is 6.35. The second-order valence-electron chi connectivity index (χ2n) is 12.2. The Balaban J connectivity index is 1.44. The van der Waals surface area contributed by atoms with E-state index in [4.69, 9.17) is 5.10 Å². The molecule has 260 valence electrons. The number of fused-ring (bicyclic) bond motifs is 1. The van der Waals surface area contributed by atoms with E-state index in [2.05, 4.69) is 17.2 Å². The molecule has 2 atom stereocenters. The molecule has 2 aliphatic heterocycles. The van der Waals surface area contributed by atoms with E-state index >= 15 is 0 Å². The molecule has 3 N–H and O–H groups in total. The number of carbonyl (C=O) groups excluding carboxylic acids is 3. The molecular weight excluding hydrogens is 656 g/mol. The predicted molar refractivity (Wildman–Crippen MR) is 176 cm³/mol. The quantitative estimate of drug-likeness (QED) is 0.170. The lowest BCUT2D eigenvalue weighted by Crippen LogP contribution is -2.55. The highest BCUT2D eigenvalue weighted by Gasteiger charge is 2.46. The maximum absolute atomic E-state index is 14.4. The molecule has 6 rings (SSSR count). The first-order valence-corrected chi connectivity index (χ1v) is 15.9. The summed E-state index contributed by atoms with van der Waals surface area (Å²) in [6.07, 6.45) is -5.15. The summed E-state index contributed by atoms with van der Waals surface area (Å²) < 4.78 is 56.3. The van der Waals surface area contributed by atoms with Gasteiger partial charge in [-0.15, -0.1) is 0 Å². The summed E-state index contributed by atoms with van der Waals surface area (Å²) in [6, 6.07) is 16.8. The Bertz CT molecular complexity index is 1920. The predicted octanol–water partition coefficient (Wildman–Crippen LogP) is 4.18. The lowest BCUT2D eigenvalue weighted by atomic mass is 9.80. The van der Waals surface area contributed by atoms with E-state index in [1.807, 2.05) is 11.0 Å². The second-order valence-corrected chi connectivity index (χ2v) is 12.2. The summed E-state index contributed by atoms with van der Waals surface area (Å²) >= 11 is 0. The molecule has 10 nitrogen and oxygen atoms in total. The lowest BCUT2D eigenvalue weighted by Gasteiger charge is -2.38. The fraction of sp³-hybridized carbons (Fsp3) is 0.278. The zero-order valence-corrected chi connectivity index (χ0v) is 27.0. The standard InChI is InChI=1S/C36H34F4N6O4/c1-3-45-34-30(28(43-46(34)26-10-5-4-6-11-26)17-41-32(48)21(2)18-44-19-27(47)20-44)29(22-12-14-25(37)15-13-22)31(35(45)50)42-33(49)23-8-7-9-24(16-23)36(38,39)40/h4-16,27,29,31,47H,2-3,17-20H2,1H3,(H,41,48)(H,42,49)/t29-,31-/m0/s1.